The van der Waals surface area contributed by atoms with Gasteiger partial charge in [0.1, 0.15) is 16.9 Å². The number of benzene rings is 2. The van der Waals surface area contributed by atoms with Gasteiger partial charge in [0, 0.05) is 10.3 Å². The van der Waals surface area contributed by atoms with Crippen LogP contribution >= 0.6 is 11.8 Å². The summed E-state index contributed by atoms with van der Waals surface area (Å²) >= 11 is 1.61. The Labute approximate surface area is 192 Å². The number of hydrogen-bond donors (Lipinski definition) is 0. The number of hydrogen-bond acceptors (Lipinski definition) is 6. The van der Waals surface area contributed by atoms with Gasteiger partial charge in [-0.25, -0.2) is 4.79 Å². The Balaban J connectivity index is 1.70. The number of carbonyl (C=O) groups is 2. The van der Waals surface area contributed by atoms with E-state index in [9.17, 15) is 9.59 Å². The van der Waals surface area contributed by atoms with E-state index < -0.39 is 17.2 Å². The van der Waals surface area contributed by atoms with Crippen LogP contribution in [0.25, 0.3) is 17.0 Å². The lowest BCUT2D eigenvalue weighted by Crippen LogP contribution is -2.43. The summed E-state index contributed by atoms with van der Waals surface area (Å²) in [7, 11) is 0. The van der Waals surface area contributed by atoms with Crippen molar-refractivity contribution in [1.82, 2.24) is 0 Å². The highest BCUT2D eigenvalue weighted by Gasteiger charge is 2.34. The third-order valence-corrected chi connectivity index (χ3v) is 5.43. The average molecular weight is 453 g/mol. The van der Waals surface area contributed by atoms with Gasteiger partial charge in [-0.2, -0.15) is 0 Å². The third-order valence-electron chi connectivity index (χ3n) is 4.63. The molecule has 3 aromatic rings. The first-order valence-corrected chi connectivity index (χ1v) is 11.5. The van der Waals surface area contributed by atoms with Crippen LogP contribution in [0.2, 0.25) is 0 Å². The van der Waals surface area contributed by atoms with Gasteiger partial charge in [-0.3, -0.25) is 4.79 Å². The molecule has 0 N–H and O–H groups in total. The zero-order valence-electron chi connectivity index (χ0n) is 19.2. The summed E-state index contributed by atoms with van der Waals surface area (Å²) in [6.07, 6.45) is 6.85. The molecule has 0 fully saturated rings. The van der Waals surface area contributed by atoms with Crippen LogP contribution in [0.4, 0.5) is 0 Å². The fraction of sp³-hybridized carbons (Fsp3) is 0.308. The molecule has 0 aliphatic carbocycles. The Kier molecular flexibility index (Phi) is 6.84. The van der Waals surface area contributed by atoms with Gasteiger partial charge in [0.05, 0.1) is 11.8 Å². The van der Waals surface area contributed by atoms with E-state index in [4.69, 9.17) is 13.9 Å². The molecule has 1 heterocycles. The van der Waals surface area contributed by atoms with E-state index in [1.807, 2.05) is 51.3 Å². The van der Waals surface area contributed by atoms with Crippen molar-refractivity contribution in [3.63, 3.8) is 0 Å². The predicted molar refractivity (Wildman–Crippen MR) is 128 cm³/mol. The second-order valence-corrected chi connectivity index (χ2v) is 9.71. The molecule has 0 unspecified atom stereocenters. The van der Waals surface area contributed by atoms with Crippen molar-refractivity contribution >= 4 is 40.6 Å². The van der Waals surface area contributed by atoms with Crippen LogP contribution in [0.3, 0.4) is 0 Å². The molecule has 1 aromatic heterocycles. The molecule has 0 aliphatic heterocycles. The van der Waals surface area contributed by atoms with Crippen LogP contribution in [-0.4, -0.2) is 29.2 Å². The fourth-order valence-corrected chi connectivity index (χ4v) is 3.64. The highest BCUT2D eigenvalue weighted by Crippen LogP contribution is 2.30. The van der Waals surface area contributed by atoms with E-state index in [-0.39, 0.29) is 5.78 Å². The zero-order chi connectivity index (χ0) is 23.5. The third kappa shape index (κ3) is 5.62. The number of allylic oxidation sites excluding steroid dienone is 1. The SMILES string of the molecule is CSc1ccc(C(=O)/C=C/c2ccc(OC(C)(C)C(=O)OC(C)(C)C)cc2)c2occc12. The van der Waals surface area contributed by atoms with Crippen molar-refractivity contribution in [3.05, 3.63) is 65.9 Å². The summed E-state index contributed by atoms with van der Waals surface area (Å²) in [5.74, 6) is -0.0328. The van der Waals surface area contributed by atoms with Crippen molar-refractivity contribution in [2.75, 3.05) is 6.26 Å². The summed E-state index contributed by atoms with van der Waals surface area (Å²) < 4.78 is 16.8. The molecule has 0 aliphatic rings. The monoisotopic (exact) mass is 452 g/mol. The maximum atomic E-state index is 12.7. The Hall–Kier alpha value is -2.99. The molecule has 0 saturated carbocycles. The minimum Gasteiger partial charge on any atom is -0.476 e. The topological polar surface area (TPSA) is 65.7 Å². The van der Waals surface area contributed by atoms with Crippen LogP contribution in [0.15, 0.2) is 64.1 Å². The molecular formula is C26H28O5S. The second kappa shape index (κ2) is 9.25. The number of ether oxygens (including phenoxy) is 2. The lowest BCUT2D eigenvalue weighted by molar-refractivity contribution is -0.170. The Morgan fingerprint density at radius 2 is 1.66 bits per heavy atom. The lowest BCUT2D eigenvalue weighted by Gasteiger charge is -2.29. The van der Waals surface area contributed by atoms with E-state index >= 15 is 0 Å². The van der Waals surface area contributed by atoms with Gasteiger partial charge in [0.25, 0.3) is 0 Å². The number of fused-ring (bicyclic) bond motifs is 1. The van der Waals surface area contributed by atoms with E-state index in [2.05, 4.69) is 0 Å². The smallest absolute Gasteiger partial charge is 0.350 e. The molecule has 5 nitrogen and oxygen atoms in total. The molecule has 6 heteroatoms. The molecule has 0 saturated heterocycles. The molecule has 0 atom stereocenters. The highest BCUT2D eigenvalue weighted by molar-refractivity contribution is 7.98. The van der Waals surface area contributed by atoms with Crippen molar-refractivity contribution in [3.8, 4) is 5.75 Å². The molecule has 2 aromatic carbocycles. The first-order valence-electron chi connectivity index (χ1n) is 10.3. The van der Waals surface area contributed by atoms with Crippen LogP contribution < -0.4 is 4.74 Å². The summed E-state index contributed by atoms with van der Waals surface area (Å²) in [4.78, 5) is 26.2. The molecule has 0 bridgehead atoms. The number of ketones is 1. The summed E-state index contributed by atoms with van der Waals surface area (Å²) in [5, 5.41) is 0.936. The quantitative estimate of drug-likeness (QED) is 0.175. The van der Waals surface area contributed by atoms with Crippen LogP contribution in [0.1, 0.15) is 50.5 Å². The van der Waals surface area contributed by atoms with Crippen molar-refractivity contribution < 1.29 is 23.5 Å². The number of rotatable bonds is 7. The number of furan rings is 1. The van der Waals surface area contributed by atoms with Gasteiger partial charge in [-0.1, -0.05) is 18.2 Å². The number of esters is 1. The van der Waals surface area contributed by atoms with Crippen molar-refractivity contribution in [2.45, 2.75) is 50.7 Å². The highest BCUT2D eigenvalue weighted by atomic mass is 32.2. The standard InChI is InChI=1S/C26H28O5S/c1-25(2,3)31-24(28)26(4,5)30-18-10-7-17(8-11-18)9-13-21(27)19-12-14-22(32-6)20-15-16-29-23(19)20/h7-16H,1-6H3/b13-9+. The predicted octanol–water partition coefficient (Wildman–Crippen LogP) is 6.55. The van der Waals surface area contributed by atoms with Gasteiger partial charge < -0.3 is 13.9 Å². The minimum absolute atomic E-state index is 0.135. The molecule has 168 valence electrons. The normalized spacial score (nSPS) is 12.3. The van der Waals surface area contributed by atoms with Gasteiger partial charge in [0.2, 0.25) is 0 Å². The molecule has 0 amide bonds. The first-order chi connectivity index (χ1) is 15.0. The minimum atomic E-state index is -1.13. The summed E-state index contributed by atoms with van der Waals surface area (Å²) in [6.45, 7) is 8.79. The number of thioether (sulfide) groups is 1. The molecule has 32 heavy (non-hydrogen) atoms. The lowest BCUT2D eigenvalue weighted by atomic mass is 10.1. The summed E-state index contributed by atoms with van der Waals surface area (Å²) in [6, 6.07) is 12.8. The van der Waals surface area contributed by atoms with Crippen LogP contribution in [0, 0.1) is 0 Å². The second-order valence-electron chi connectivity index (χ2n) is 8.86. The Bertz CT molecular complexity index is 1150. The molecular weight excluding hydrogens is 424 g/mol. The Morgan fingerprint density at radius 1 is 0.969 bits per heavy atom. The molecule has 0 radical (unpaired) electrons. The van der Waals surface area contributed by atoms with Crippen LogP contribution in [-0.2, 0) is 9.53 Å². The van der Waals surface area contributed by atoms with Gasteiger partial charge in [0.15, 0.2) is 11.4 Å². The van der Waals surface area contributed by atoms with Crippen molar-refractivity contribution in [1.29, 1.82) is 0 Å². The maximum Gasteiger partial charge on any atom is 0.350 e. The van der Waals surface area contributed by atoms with E-state index in [1.165, 1.54) is 6.08 Å². The Morgan fingerprint density at radius 3 is 2.28 bits per heavy atom. The zero-order valence-corrected chi connectivity index (χ0v) is 20.0. The molecule has 3 rings (SSSR count). The number of carbonyl (C=O) groups excluding carboxylic acids is 2. The van der Waals surface area contributed by atoms with E-state index in [1.54, 1.807) is 56.1 Å². The van der Waals surface area contributed by atoms with Gasteiger partial charge in [-0.05, 0) is 82.8 Å². The van der Waals surface area contributed by atoms with Crippen LogP contribution in [0.5, 0.6) is 5.75 Å². The largest absolute Gasteiger partial charge is 0.476 e. The van der Waals surface area contributed by atoms with Crippen molar-refractivity contribution in [2.24, 2.45) is 0 Å². The van der Waals surface area contributed by atoms with Gasteiger partial charge >= 0.3 is 5.97 Å². The average Bonchev–Trinajstić information content (AvgIpc) is 3.21. The molecule has 0 spiro atoms. The summed E-state index contributed by atoms with van der Waals surface area (Å²) in [5.41, 5.74) is 0.239. The van der Waals surface area contributed by atoms with Gasteiger partial charge in [-0.15, -0.1) is 11.8 Å². The first kappa shape index (κ1) is 23.7. The fourth-order valence-electron chi connectivity index (χ4n) is 3.05. The van der Waals surface area contributed by atoms with E-state index in [0.29, 0.717) is 16.9 Å². The van der Waals surface area contributed by atoms with E-state index in [0.717, 1.165) is 15.8 Å². The maximum absolute atomic E-state index is 12.7.